The van der Waals surface area contributed by atoms with Crippen molar-refractivity contribution in [3.63, 3.8) is 0 Å². The van der Waals surface area contributed by atoms with Gasteiger partial charge in [0.1, 0.15) is 5.54 Å². The summed E-state index contributed by atoms with van der Waals surface area (Å²) >= 11 is 0. The molecule has 0 saturated carbocycles. The Kier molecular flexibility index (Phi) is 3.73. The Balaban J connectivity index is 2.83. The van der Waals surface area contributed by atoms with Gasteiger partial charge in [0.2, 0.25) is 5.91 Å². The SMILES string of the molecule is CNC(=O)C(C)(C)NC(=O)c1cccc(N)c1. The van der Waals surface area contributed by atoms with Crippen molar-refractivity contribution in [3.8, 4) is 0 Å². The minimum absolute atomic E-state index is 0.255. The average Bonchev–Trinajstić information content (AvgIpc) is 2.27. The molecule has 0 heterocycles. The minimum Gasteiger partial charge on any atom is -0.399 e. The van der Waals surface area contributed by atoms with E-state index in [2.05, 4.69) is 10.6 Å². The van der Waals surface area contributed by atoms with Crippen LogP contribution in [-0.2, 0) is 4.79 Å². The van der Waals surface area contributed by atoms with Gasteiger partial charge in [-0.15, -0.1) is 0 Å². The predicted octanol–water partition coefficient (Wildman–Crippen LogP) is 0.523. The number of carbonyl (C=O) groups excluding carboxylic acids is 2. The Morgan fingerprint density at radius 1 is 1.29 bits per heavy atom. The van der Waals surface area contributed by atoms with E-state index in [1.54, 1.807) is 38.1 Å². The zero-order chi connectivity index (χ0) is 13.1. The molecule has 0 saturated heterocycles. The van der Waals surface area contributed by atoms with E-state index in [-0.39, 0.29) is 11.8 Å². The van der Waals surface area contributed by atoms with Crippen molar-refractivity contribution in [1.82, 2.24) is 10.6 Å². The summed E-state index contributed by atoms with van der Waals surface area (Å²) in [4.78, 5) is 23.4. The number of anilines is 1. The van der Waals surface area contributed by atoms with E-state index >= 15 is 0 Å². The third-order valence-corrected chi connectivity index (χ3v) is 2.37. The summed E-state index contributed by atoms with van der Waals surface area (Å²) in [5.74, 6) is -0.583. The van der Waals surface area contributed by atoms with Gasteiger partial charge in [0.05, 0.1) is 0 Å². The van der Waals surface area contributed by atoms with E-state index in [1.807, 2.05) is 0 Å². The van der Waals surface area contributed by atoms with Crippen LogP contribution in [-0.4, -0.2) is 24.4 Å². The molecule has 17 heavy (non-hydrogen) atoms. The van der Waals surface area contributed by atoms with Crippen LogP contribution in [0.15, 0.2) is 24.3 Å². The lowest BCUT2D eigenvalue weighted by molar-refractivity contribution is -0.125. The summed E-state index contributed by atoms with van der Waals surface area (Å²) in [5.41, 5.74) is 5.57. The molecule has 5 heteroatoms. The molecule has 92 valence electrons. The highest BCUT2D eigenvalue weighted by molar-refractivity contribution is 5.99. The van der Waals surface area contributed by atoms with Gasteiger partial charge in [0.15, 0.2) is 0 Å². The lowest BCUT2D eigenvalue weighted by Crippen LogP contribution is -2.53. The fourth-order valence-corrected chi connectivity index (χ4v) is 1.41. The van der Waals surface area contributed by atoms with E-state index in [9.17, 15) is 9.59 Å². The van der Waals surface area contributed by atoms with Crippen LogP contribution in [0.25, 0.3) is 0 Å². The number of carbonyl (C=O) groups is 2. The maximum atomic E-state index is 11.9. The number of benzene rings is 1. The monoisotopic (exact) mass is 235 g/mol. The van der Waals surface area contributed by atoms with Crippen LogP contribution in [0.3, 0.4) is 0 Å². The summed E-state index contributed by atoms with van der Waals surface area (Å²) in [5, 5.41) is 5.14. The molecule has 1 rings (SSSR count). The number of nitrogens with two attached hydrogens (primary N) is 1. The van der Waals surface area contributed by atoms with Crippen LogP contribution < -0.4 is 16.4 Å². The number of hydrogen-bond donors (Lipinski definition) is 3. The predicted molar refractivity (Wildman–Crippen MR) is 66.5 cm³/mol. The normalized spacial score (nSPS) is 10.8. The summed E-state index contributed by atoms with van der Waals surface area (Å²) < 4.78 is 0. The highest BCUT2D eigenvalue weighted by Crippen LogP contribution is 2.09. The van der Waals surface area contributed by atoms with Crippen molar-refractivity contribution < 1.29 is 9.59 Å². The van der Waals surface area contributed by atoms with Gasteiger partial charge in [-0.25, -0.2) is 0 Å². The largest absolute Gasteiger partial charge is 0.399 e. The standard InChI is InChI=1S/C12H17N3O2/c1-12(2,11(17)14-3)15-10(16)8-5-4-6-9(13)7-8/h4-7H,13H2,1-3H3,(H,14,17)(H,15,16). The third-order valence-electron chi connectivity index (χ3n) is 2.37. The Bertz CT molecular complexity index is 441. The minimum atomic E-state index is -0.962. The van der Waals surface area contributed by atoms with Gasteiger partial charge in [-0.3, -0.25) is 9.59 Å². The van der Waals surface area contributed by atoms with Crippen molar-refractivity contribution in [2.24, 2.45) is 0 Å². The molecule has 0 aliphatic rings. The number of likely N-dealkylation sites (N-methyl/N-ethyl adjacent to an activating group) is 1. The van der Waals surface area contributed by atoms with Gasteiger partial charge >= 0.3 is 0 Å². The van der Waals surface area contributed by atoms with Crippen LogP contribution in [0.2, 0.25) is 0 Å². The van der Waals surface area contributed by atoms with Gasteiger partial charge in [-0.1, -0.05) is 6.07 Å². The Labute approximate surface area is 100 Å². The van der Waals surface area contributed by atoms with E-state index in [0.29, 0.717) is 11.3 Å². The van der Waals surface area contributed by atoms with Crippen molar-refractivity contribution in [2.75, 3.05) is 12.8 Å². The molecule has 4 N–H and O–H groups in total. The summed E-state index contributed by atoms with van der Waals surface area (Å²) in [7, 11) is 1.52. The second-order valence-electron chi connectivity index (χ2n) is 4.28. The highest BCUT2D eigenvalue weighted by Gasteiger charge is 2.28. The number of hydrogen-bond acceptors (Lipinski definition) is 3. The third kappa shape index (κ3) is 3.21. The first-order chi connectivity index (χ1) is 7.86. The Morgan fingerprint density at radius 2 is 1.94 bits per heavy atom. The molecule has 0 bridgehead atoms. The molecule has 1 aromatic carbocycles. The molecule has 0 radical (unpaired) electrons. The van der Waals surface area contributed by atoms with Crippen LogP contribution >= 0.6 is 0 Å². The average molecular weight is 235 g/mol. The molecule has 0 fully saturated rings. The second-order valence-corrected chi connectivity index (χ2v) is 4.28. The summed E-state index contributed by atoms with van der Waals surface area (Å²) in [6, 6.07) is 6.60. The van der Waals surface area contributed by atoms with Gasteiger partial charge in [0, 0.05) is 18.3 Å². The Morgan fingerprint density at radius 3 is 2.47 bits per heavy atom. The fraction of sp³-hybridized carbons (Fsp3) is 0.333. The van der Waals surface area contributed by atoms with Crippen molar-refractivity contribution in [2.45, 2.75) is 19.4 Å². The van der Waals surface area contributed by atoms with Crippen LogP contribution in [0.4, 0.5) is 5.69 Å². The topological polar surface area (TPSA) is 84.2 Å². The zero-order valence-corrected chi connectivity index (χ0v) is 10.2. The lowest BCUT2D eigenvalue weighted by atomic mass is 10.0. The van der Waals surface area contributed by atoms with Gasteiger partial charge in [0.25, 0.3) is 5.91 Å². The molecule has 5 nitrogen and oxygen atoms in total. The molecule has 0 atom stereocenters. The van der Waals surface area contributed by atoms with Crippen molar-refractivity contribution in [3.05, 3.63) is 29.8 Å². The number of nitrogen functional groups attached to an aromatic ring is 1. The maximum Gasteiger partial charge on any atom is 0.252 e. The zero-order valence-electron chi connectivity index (χ0n) is 10.2. The van der Waals surface area contributed by atoms with E-state index in [1.165, 1.54) is 7.05 Å². The van der Waals surface area contributed by atoms with Gasteiger partial charge < -0.3 is 16.4 Å². The Hall–Kier alpha value is -2.04. The van der Waals surface area contributed by atoms with Crippen LogP contribution in [0, 0.1) is 0 Å². The molecule has 1 aromatic rings. The second kappa shape index (κ2) is 4.86. The first-order valence-electron chi connectivity index (χ1n) is 5.27. The van der Waals surface area contributed by atoms with E-state index < -0.39 is 5.54 Å². The molecule has 0 aromatic heterocycles. The first-order valence-corrected chi connectivity index (χ1v) is 5.27. The quantitative estimate of drug-likeness (QED) is 0.668. The van der Waals surface area contributed by atoms with Crippen molar-refractivity contribution >= 4 is 17.5 Å². The van der Waals surface area contributed by atoms with Gasteiger partial charge in [-0.05, 0) is 32.0 Å². The van der Waals surface area contributed by atoms with E-state index in [0.717, 1.165) is 0 Å². The molecule has 0 unspecified atom stereocenters. The first kappa shape index (κ1) is 13.0. The molecule has 0 aliphatic heterocycles. The summed E-state index contributed by atoms with van der Waals surface area (Å²) in [6.07, 6.45) is 0. The van der Waals surface area contributed by atoms with Crippen LogP contribution in [0.1, 0.15) is 24.2 Å². The molecule has 0 aliphatic carbocycles. The molecule has 0 spiro atoms. The summed E-state index contributed by atoms with van der Waals surface area (Å²) in [6.45, 7) is 3.27. The fourth-order valence-electron chi connectivity index (χ4n) is 1.41. The number of amides is 2. The van der Waals surface area contributed by atoms with Gasteiger partial charge in [-0.2, -0.15) is 0 Å². The molecular weight excluding hydrogens is 218 g/mol. The number of rotatable bonds is 3. The highest BCUT2D eigenvalue weighted by atomic mass is 16.2. The molecular formula is C12H17N3O2. The van der Waals surface area contributed by atoms with Crippen LogP contribution in [0.5, 0.6) is 0 Å². The van der Waals surface area contributed by atoms with Crippen molar-refractivity contribution in [1.29, 1.82) is 0 Å². The maximum absolute atomic E-state index is 11.9. The molecule has 2 amide bonds. The lowest BCUT2D eigenvalue weighted by Gasteiger charge is -2.24. The smallest absolute Gasteiger partial charge is 0.252 e. The number of nitrogens with one attached hydrogen (secondary N) is 2. The van der Waals surface area contributed by atoms with E-state index in [4.69, 9.17) is 5.73 Å².